The van der Waals surface area contributed by atoms with Crippen LogP contribution in [0.5, 0.6) is 5.75 Å². The SMILES string of the molecule is O=C(CCNS(=O)(=O)c1c(Cl)cccc1Cl)OCCOc1ccccc1. The number of hydrogen-bond acceptors (Lipinski definition) is 5. The smallest absolute Gasteiger partial charge is 0.307 e. The van der Waals surface area contributed by atoms with E-state index in [0.717, 1.165) is 0 Å². The van der Waals surface area contributed by atoms with Crippen LogP contribution in [0.4, 0.5) is 0 Å². The number of carbonyl (C=O) groups excluding carboxylic acids is 1. The van der Waals surface area contributed by atoms with E-state index < -0.39 is 16.0 Å². The van der Waals surface area contributed by atoms with E-state index in [1.165, 1.54) is 12.1 Å². The summed E-state index contributed by atoms with van der Waals surface area (Å²) in [5.74, 6) is 0.127. The molecule has 0 radical (unpaired) electrons. The monoisotopic (exact) mass is 417 g/mol. The first-order chi connectivity index (χ1) is 12.4. The summed E-state index contributed by atoms with van der Waals surface area (Å²) in [7, 11) is -3.92. The Bertz CT molecular complexity index is 823. The van der Waals surface area contributed by atoms with Gasteiger partial charge in [-0.3, -0.25) is 4.79 Å². The van der Waals surface area contributed by atoms with E-state index in [2.05, 4.69) is 4.72 Å². The van der Waals surface area contributed by atoms with Crippen LogP contribution in [0, 0.1) is 0 Å². The van der Waals surface area contributed by atoms with E-state index in [-0.39, 0.29) is 41.1 Å². The second-order valence-corrected chi connectivity index (χ2v) is 7.60. The fourth-order valence-electron chi connectivity index (χ4n) is 2.00. The standard InChI is InChI=1S/C17H17Cl2NO5S/c18-14-7-4-8-15(19)17(14)26(22,23)20-10-9-16(21)25-12-11-24-13-5-2-1-3-6-13/h1-8,20H,9-12H2. The van der Waals surface area contributed by atoms with Gasteiger partial charge in [0, 0.05) is 6.54 Å². The van der Waals surface area contributed by atoms with Gasteiger partial charge in [0.1, 0.15) is 23.9 Å². The third-order valence-electron chi connectivity index (χ3n) is 3.17. The zero-order valence-corrected chi connectivity index (χ0v) is 16.0. The summed E-state index contributed by atoms with van der Waals surface area (Å²) in [6.07, 6.45) is -0.132. The van der Waals surface area contributed by atoms with Gasteiger partial charge in [0.15, 0.2) is 0 Å². The van der Waals surface area contributed by atoms with Gasteiger partial charge in [0.25, 0.3) is 0 Å². The van der Waals surface area contributed by atoms with Crippen molar-refractivity contribution in [2.45, 2.75) is 11.3 Å². The van der Waals surface area contributed by atoms with Gasteiger partial charge in [0.05, 0.1) is 16.5 Å². The molecule has 0 bridgehead atoms. The van der Waals surface area contributed by atoms with E-state index >= 15 is 0 Å². The second-order valence-electron chi connectivity index (χ2n) is 5.08. The molecule has 2 aromatic carbocycles. The molecule has 0 unspecified atom stereocenters. The summed E-state index contributed by atoms with van der Waals surface area (Å²) in [4.78, 5) is 11.4. The van der Waals surface area contributed by atoms with Crippen molar-refractivity contribution in [3.8, 4) is 5.75 Å². The highest BCUT2D eigenvalue weighted by molar-refractivity contribution is 7.89. The lowest BCUT2D eigenvalue weighted by atomic mass is 10.3. The van der Waals surface area contributed by atoms with Crippen molar-refractivity contribution in [2.24, 2.45) is 0 Å². The van der Waals surface area contributed by atoms with Crippen molar-refractivity contribution in [3.05, 3.63) is 58.6 Å². The van der Waals surface area contributed by atoms with Gasteiger partial charge in [0.2, 0.25) is 10.0 Å². The van der Waals surface area contributed by atoms with Crippen LogP contribution in [-0.4, -0.2) is 34.1 Å². The van der Waals surface area contributed by atoms with Gasteiger partial charge in [-0.15, -0.1) is 0 Å². The van der Waals surface area contributed by atoms with Gasteiger partial charge < -0.3 is 9.47 Å². The number of esters is 1. The molecule has 140 valence electrons. The van der Waals surface area contributed by atoms with Gasteiger partial charge >= 0.3 is 5.97 Å². The van der Waals surface area contributed by atoms with Crippen LogP contribution >= 0.6 is 23.2 Å². The summed E-state index contributed by atoms with van der Waals surface area (Å²) in [5, 5.41) is 0.0104. The average Bonchev–Trinajstić information content (AvgIpc) is 2.59. The first kappa shape index (κ1) is 20.5. The topological polar surface area (TPSA) is 81.7 Å². The Morgan fingerprint density at radius 2 is 1.62 bits per heavy atom. The lowest BCUT2D eigenvalue weighted by Gasteiger charge is -2.10. The molecule has 0 saturated heterocycles. The largest absolute Gasteiger partial charge is 0.490 e. The molecule has 0 fully saturated rings. The highest BCUT2D eigenvalue weighted by Gasteiger charge is 2.21. The quantitative estimate of drug-likeness (QED) is 0.499. The number of halogens is 2. The molecule has 2 rings (SSSR count). The van der Waals surface area contributed by atoms with Crippen molar-refractivity contribution >= 4 is 39.2 Å². The third kappa shape index (κ3) is 6.17. The molecule has 0 spiro atoms. The van der Waals surface area contributed by atoms with Gasteiger partial charge in [-0.2, -0.15) is 0 Å². The summed E-state index contributed by atoms with van der Waals surface area (Å²) < 4.78 is 37.1. The van der Waals surface area contributed by atoms with E-state index in [9.17, 15) is 13.2 Å². The molecular formula is C17H17Cl2NO5S. The molecule has 1 N–H and O–H groups in total. The summed E-state index contributed by atoms with van der Waals surface area (Å²) >= 11 is 11.8. The number of ether oxygens (including phenoxy) is 2. The lowest BCUT2D eigenvalue weighted by molar-refractivity contribution is -0.144. The molecule has 0 aliphatic rings. The second kappa shape index (κ2) is 9.78. The first-order valence-electron chi connectivity index (χ1n) is 7.67. The van der Waals surface area contributed by atoms with E-state index in [1.807, 2.05) is 18.2 Å². The van der Waals surface area contributed by atoms with Crippen molar-refractivity contribution < 1.29 is 22.7 Å². The highest BCUT2D eigenvalue weighted by atomic mass is 35.5. The molecule has 26 heavy (non-hydrogen) atoms. The zero-order valence-electron chi connectivity index (χ0n) is 13.7. The molecule has 0 saturated carbocycles. The Kier molecular flexibility index (Phi) is 7.71. The number of carbonyl (C=O) groups is 1. The van der Waals surface area contributed by atoms with Crippen LogP contribution in [-0.2, 0) is 19.6 Å². The average molecular weight is 418 g/mol. The van der Waals surface area contributed by atoms with Gasteiger partial charge in [-0.1, -0.05) is 47.5 Å². The number of benzene rings is 2. The molecule has 0 heterocycles. The minimum Gasteiger partial charge on any atom is -0.490 e. The van der Waals surface area contributed by atoms with Crippen molar-refractivity contribution in [1.82, 2.24) is 4.72 Å². The normalized spacial score (nSPS) is 11.2. The summed E-state index contributed by atoms with van der Waals surface area (Å²) in [6, 6.07) is 13.5. The van der Waals surface area contributed by atoms with E-state index in [1.54, 1.807) is 18.2 Å². The minimum absolute atomic E-state index is 0.00522. The van der Waals surface area contributed by atoms with Gasteiger partial charge in [-0.25, -0.2) is 13.1 Å². The maximum absolute atomic E-state index is 12.2. The number of hydrogen-bond donors (Lipinski definition) is 1. The molecule has 0 atom stereocenters. The van der Waals surface area contributed by atoms with Crippen molar-refractivity contribution in [1.29, 1.82) is 0 Å². The summed E-state index contributed by atoms with van der Waals surface area (Å²) in [6.45, 7) is 0.135. The number of rotatable bonds is 9. The Morgan fingerprint density at radius 3 is 2.27 bits per heavy atom. The highest BCUT2D eigenvalue weighted by Crippen LogP contribution is 2.28. The van der Waals surface area contributed by atoms with Crippen LogP contribution in [0.25, 0.3) is 0 Å². The maximum Gasteiger partial charge on any atom is 0.307 e. The predicted octanol–water partition coefficient (Wildman–Crippen LogP) is 3.28. The number of nitrogens with one attached hydrogen (secondary N) is 1. The molecule has 6 nitrogen and oxygen atoms in total. The molecule has 9 heteroatoms. The van der Waals surface area contributed by atoms with Crippen LogP contribution < -0.4 is 9.46 Å². The number of sulfonamides is 1. The van der Waals surface area contributed by atoms with Crippen LogP contribution in [0.2, 0.25) is 10.0 Å². The molecule has 2 aromatic rings. The Labute approximate surface area is 162 Å². The predicted molar refractivity (Wildman–Crippen MR) is 99.2 cm³/mol. The first-order valence-corrected chi connectivity index (χ1v) is 9.91. The molecule has 0 amide bonds. The van der Waals surface area contributed by atoms with Crippen molar-refractivity contribution in [2.75, 3.05) is 19.8 Å². The van der Waals surface area contributed by atoms with E-state index in [0.29, 0.717) is 5.75 Å². The fraction of sp³-hybridized carbons (Fsp3) is 0.235. The minimum atomic E-state index is -3.92. The van der Waals surface area contributed by atoms with Crippen LogP contribution in [0.3, 0.4) is 0 Å². The Hall–Kier alpha value is -1.80. The Balaban J connectivity index is 1.72. The zero-order chi connectivity index (χ0) is 19.0. The molecule has 0 aliphatic carbocycles. The lowest BCUT2D eigenvalue weighted by Crippen LogP contribution is -2.27. The number of para-hydroxylation sites is 1. The van der Waals surface area contributed by atoms with Gasteiger partial charge in [-0.05, 0) is 24.3 Å². The molecular weight excluding hydrogens is 401 g/mol. The fourth-order valence-corrected chi connectivity index (χ4v) is 4.17. The van der Waals surface area contributed by atoms with Crippen LogP contribution in [0.1, 0.15) is 6.42 Å². The van der Waals surface area contributed by atoms with Crippen LogP contribution in [0.15, 0.2) is 53.4 Å². The van der Waals surface area contributed by atoms with Crippen molar-refractivity contribution in [3.63, 3.8) is 0 Å². The summed E-state index contributed by atoms with van der Waals surface area (Å²) in [5.41, 5.74) is 0. The molecule has 0 aliphatic heterocycles. The third-order valence-corrected chi connectivity index (χ3v) is 5.58. The van der Waals surface area contributed by atoms with E-state index in [4.69, 9.17) is 32.7 Å². The Morgan fingerprint density at radius 1 is 0.962 bits per heavy atom. The molecule has 0 aromatic heterocycles. The maximum atomic E-state index is 12.2.